The number of halogens is 1. The van der Waals surface area contributed by atoms with Crippen molar-refractivity contribution in [2.45, 2.75) is 32.6 Å². The maximum Gasteiger partial charge on any atom is 0.0434 e. The van der Waals surface area contributed by atoms with E-state index in [0.29, 0.717) is 6.61 Å². The number of hydrogen-bond acceptors (Lipinski definition) is 2. The van der Waals surface area contributed by atoms with Gasteiger partial charge in [0.25, 0.3) is 0 Å². The molecule has 3 heteroatoms. The first kappa shape index (κ1) is 13.5. The summed E-state index contributed by atoms with van der Waals surface area (Å²) in [7, 11) is 0. The van der Waals surface area contributed by atoms with Gasteiger partial charge in [0, 0.05) is 18.5 Å². The van der Waals surface area contributed by atoms with Crippen molar-refractivity contribution < 1.29 is 5.11 Å². The monoisotopic (exact) mass is 277 g/mol. The van der Waals surface area contributed by atoms with E-state index in [1.807, 2.05) is 0 Å². The van der Waals surface area contributed by atoms with Gasteiger partial charge in [-0.15, -0.1) is 0 Å². The van der Waals surface area contributed by atoms with Crippen LogP contribution in [0.5, 0.6) is 0 Å². The van der Waals surface area contributed by atoms with E-state index in [-0.39, 0.29) is 0 Å². The molecule has 15 heavy (non-hydrogen) atoms. The van der Waals surface area contributed by atoms with Gasteiger partial charge in [-0.1, -0.05) is 22.9 Å². The van der Waals surface area contributed by atoms with Gasteiger partial charge in [-0.2, -0.15) is 0 Å². The summed E-state index contributed by atoms with van der Waals surface area (Å²) in [6.07, 6.45) is 4.88. The molecule has 1 rings (SSSR count). The van der Waals surface area contributed by atoms with E-state index >= 15 is 0 Å². The van der Waals surface area contributed by atoms with Crippen LogP contribution in [0.3, 0.4) is 0 Å². The van der Waals surface area contributed by atoms with Crippen molar-refractivity contribution in [2.24, 2.45) is 11.8 Å². The maximum absolute atomic E-state index is 8.88. The minimum Gasteiger partial charge on any atom is -0.396 e. The Hall–Kier alpha value is 0.400. The molecule has 2 nitrogen and oxygen atoms in total. The molecule has 1 heterocycles. The lowest BCUT2D eigenvalue weighted by Gasteiger charge is -2.18. The third-order valence-electron chi connectivity index (χ3n) is 3.45. The van der Waals surface area contributed by atoms with Gasteiger partial charge in [-0.25, -0.2) is 0 Å². The van der Waals surface area contributed by atoms with Gasteiger partial charge >= 0.3 is 0 Å². The highest BCUT2D eigenvalue weighted by Crippen LogP contribution is 2.20. The average molecular weight is 278 g/mol. The third-order valence-corrected chi connectivity index (χ3v) is 3.91. The first-order chi connectivity index (χ1) is 7.26. The van der Waals surface area contributed by atoms with E-state index in [9.17, 15) is 0 Å². The normalized spacial score (nSPS) is 24.6. The van der Waals surface area contributed by atoms with Gasteiger partial charge in [0.15, 0.2) is 0 Å². The molecule has 0 amide bonds. The summed E-state index contributed by atoms with van der Waals surface area (Å²) in [4.78, 5) is 2.56. The van der Waals surface area contributed by atoms with E-state index in [1.165, 1.54) is 38.9 Å². The summed E-state index contributed by atoms with van der Waals surface area (Å²) in [6, 6.07) is 0. The van der Waals surface area contributed by atoms with Gasteiger partial charge in [0.2, 0.25) is 0 Å². The lowest BCUT2D eigenvalue weighted by Crippen LogP contribution is -2.23. The first-order valence-electron chi connectivity index (χ1n) is 6.15. The second kappa shape index (κ2) is 7.64. The van der Waals surface area contributed by atoms with Crippen molar-refractivity contribution in [3.8, 4) is 0 Å². The largest absolute Gasteiger partial charge is 0.396 e. The smallest absolute Gasteiger partial charge is 0.0434 e. The topological polar surface area (TPSA) is 23.5 Å². The molecule has 0 aliphatic carbocycles. The van der Waals surface area contributed by atoms with Gasteiger partial charge in [-0.3, -0.25) is 0 Å². The number of nitrogens with zero attached hydrogens (tertiary/aromatic N) is 1. The number of alkyl halides is 1. The van der Waals surface area contributed by atoms with Crippen molar-refractivity contribution >= 4 is 15.9 Å². The fourth-order valence-corrected chi connectivity index (χ4v) is 3.05. The molecule has 2 unspecified atom stereocenters. The molecule has 1 saturated heterocycles. The summed E-state index contributed by atoms with van der Waals surface area (Å²) in [5, 5.41) is 10.0. The molecular formula is C12H24BrNO. The fraction of sp³-hybridized carbons (Fsp3) is 1.00. The second-order valence-corrected chi connectivity index (χ2v) is 5.63. The van der Waals surface area contributed by atoms with Gasteiger partial charge < -0.3 is 10.0 Å². The maximum atomic E-state index is 8.88. The molecule has 1 aliphatic heterocycles. The molecule has 1 aliphatic rings. The van der Waals surface area contributed by atoms with E-state index in [4.69, 9.17) is 5.11 Å². The Morgan fingerprint density at radius 3 is 2.93 bits per heavy atom. The van der Waals surface area contributed by atoms with Crippen LogP contribution in [0.15, 0.2) is 0 Å². The standard InChI is InChI=1S/C12H24BrNO/c1-11(2-6-13)3-7-14-8-4-12(10-14)5-9-15/h11-12,15H,2-10H2,1H3. The lowest BCUT2D eigenvalue weighted by atomic mass is 10.0. The Morgan fingerprint density at radius 2 is 2.27 bits per heavy atom. The number of aliphatic hydroxyl groups is 1. The summed E-state index contributed by atoms with van der Waals surface area (Å²) in [6.45, 7) is 6.39. The zero-order chi connectivity index (χ0) is 11.1. The Bertz CT molecular complexity index is 166. The van der Waals surface area contributed by atoms with Crippen LogP contribution in [0.25, 0.3) is 0 Å². The number of hydrogen-bond donors (Lipinski definition) is 1. The Kier molecular flexibility index (Phi) is 6.86. The van der Waals surface area contributed by atoms with Crippen molar-refractivity contribution in [2.75, 3.05) is 31.6 Å². The van der Waals surface area contributed by atoms with Gasteiger partial charge in [0.05, 0.1) is 0 Å². The molecule has 0 aromatic rings. The first-order valence-corrected chi connectivity index (χ1v) is 7.27. The summed E-state index contributed by atoms with van der Waals surface area (Å²) in [5.74, 6) is 1.59. The highest BCUT2D eigenvalue weighted by molar-refractivity contribution is 9.09. The van der Waals surface area contributed by atoms with E-state index in [1.54, 1.807) is 0 Å². The lowest BCUT2D eigenvalue weighted by molar-refractivity contribution is 0.247. The molecular weight excluding hydrogens is 254 g/mol. The zero-order valence-electron chi connectivity index (χ0n) is 9.79. The average Bonchev–Trinajstić information content (AvgIpc) is 2.64. The van der Waals surface area contributed by atoms with Crippen LogP contribution in [0, 0.1) is 11.8 Å². The Balaban J connectivity index is 2.08. The molecule has 0 aromatic carbocycles. The Morgan fingerprint density at radius 1 is 1.47 bits per heavy atom. The van der Waals surface area contributed by atoms with Crippen LogP contribution in [0.1, 0.15) is 32.6 Å². The molecule has 1 N–H and O–H groups in total. The summed E-state index contributed by atoms with van der Waals surface area (Å²) in [5.41, 5.74) is 0. The third kappa shape index (κ3) is 5.32. The number of likely N-dealkylation sites (tertiary alicyclic amines) is 1. The van der Waals surface area contributed by atoms with Crippen LogP contribution >= 0.6 is 15.9 Å². The second-order valence-electron chi connectivity index (χ2n) is 4.84. The van der Waals surface area contributed by atoms with Crippen LogP contribution in [-0.4, -0.2) is 41.6 Å². The van der Waals surface area contributed by atoms with Gasteiger partial charge in [0.1, 0.15) is 0 Å². The predicted molar refractivity (Wildman–Crippen MR) is 68.4 cm³/mol. The van der Waals surface area contributed by atoms with Gasteiger partial charge in [-0.05, 0) is 50.6 Å². The quantitative estimate of drug-likeness (QED) is 0.723. The summed E-state index contributed by atoms with van der Waals surface area (Å²) < 4.78 is 0. The van der Waals surface area contributed by atoms with Crippen molar-refractivity contribution in [1.29, 1.82) is 0 Å². The van der Waals surface area contributed by atoms with Crippen LogP contribution in [-0.2, 0) is 0 Å². The minimum absolute atomic E-state index is 0.360. The van der Waals surface area contributed by atoms with Crippen molar-refractivity contribution in [1.82, 2.24) is 4.90 Å². The van der Waals surface area contributed by atoms with Crippen molar-refractivity contribution in [3.63, 3.8) is 0 Å². The summed E-state index contributed by atoms with van der Waals surface area (Å²) >= 11 is 3.49. The predicted octanol–water partition coefficient (Wildman–Crippen LogP) is 2.50. The van der Waals surface area contributed by atoms with Crippen LogP contribution in [0.4, 0.5) is 0 Å². The molecule has 1 fully saturated rings. The van der Waals surface area contributed by atoms with E-state index < -0.39 is 0 Å². The minimum atomic E-state index is 0.360. The highest BCUT2D eigenvalue weighted by atomic mass is 79.9. The number of rotatable bonds is 7. The van der Waals surface area contributed by atoms with E-state index in [0.717, 1.165) is 23.6 Å². The molecule has 0 spiro atoms. The van der Waals surface area contributed by atoms with E-state index in [2.05, 4.69) is 27.8 Å². The highest BCUT2D eigenvalue weighted by Gasteiger charge is 2.21. The van der Waals surface area contributed by atoms with Crippen molar-refractivity contribution in [3.05, 3.63) is 0 Å². The van der Waals surface area contributed by atoms with Crippen LogP contribution in [0.2, 0.25) is 0 Å². The number of aliphatic hydroxyl groups excluding tert-OH is 1. The Labute approximate surface area is 102 Å². The molecule has 0 bridgehead atoms. The molecule has 0 saturated carbocycles. The zero-order valence-corrected chi connectivity index (χ0v) is 11.4. The molecule has 90 valence electrons. The van der Waals surface area contributed by atoms with Crippen LogP contribution < -0.4 is 0 Å². The molecule has 0 radical (unpaired) electrons. The SMILES string of the molecule is CC(CCBr)CCN1CCC(CCO)C1. The molecule has 2 atom stereocenters. The fourth-order valence-electron chi connectivity index (χ4n) is 2.27. The molecule has 0 aromatic heterocycles.